The van der Waals surface area contributed by atoms with Crippen LogP contribution in [0.2, 0.25) is 0 Å². The van der Waals surface area contributed by atoms with Crippen LogP contribution in [-0.2, 0) is 9.59 Å². The lowest BCUT2D eigenvalue weighted by atomic mass is 10.1. The number of hydrogen-bond acceptors (Lipinski definition) is 7. The summed E-state index contributed by atoms with van der Waals surface area (Å²) in [6.45, 7) is 5.69. The first-order valence-electron chi connectivity index (χ1n) is 15.4. The number of carbonyl (C=O) groups is 3. The lowest BCUT2D eigenvalue weighted by molar-refractivity contribution is -0.117. The van der Waals surface area contributed by atoms with Gasteiger partial charge in [-0.1, -0.05) is 6.07 Å². The number of fused-ring (bicyclic) bond motifs is 2. The number of carboxylic acids is 1. The predicted molar refractivity (Wildman–Crippen MR) is 174 cm³/mol. The molecule has 0 atom stereocenters. The van der Waals surface area contributed by atoms with Gasteiger partial charge in [0, 0.05) is 53.8 Å². The summed E-state index contributed by atoms with van der Waals surface area (Å²) in [5, 5.41) is 20.6. The third kappa shape index (κ3) is 7.15. The van der Waals surface area contributed by atoms with Gasteiger partial charge in [0.05, 0.1) is 22.3 Å². The molecule has 0 unspecified atom stereocenters. The molecule has 2 amide bonds. The second-order valence-electron chi connectivity index (χ2n) is 11.7. The summed E-state index contributed by atoms with van der Waals surface area (Å²) in [7, 11) is 0. The smallest absolute Gasteiger partial charge is 0.335 e. The van der Waals surface area contributed by atoms with E-state index in [2.05, 4.69) is 25.8 Å². The van der Waals surface area contributed by atoms with Crippen LogP contribution in [0, 0.1) is 0 Å². The molecule has 10 nitrogen and oxygen atoms in total. The molecule has 228 valence electrons. The summed E-state index contributed by atoms with van der Waals surface area (Å²) in [6.07, 6.45) is 5.60. The lowest BCUT2D eigenvalue weighted by Gasteiger charge is -2.17. The van der Waals surface area contributed by atoms with Crippen molar-refractivity contribution in [1.29, 1.82) is 0 Å². The van der Waals surface area contributed by atoms with E-state index in [0.29, 0.717) is 40.9 Å². The first-order chi connectivity index (χ1) is 21.4. The SMILES string of the molecule is O=C(CCN1CCCC1)Nc1ccc2c(Nc3cccc(C(=O)O)c3)c3ccc(NC(=O)CCN4CCCC4)cc3nc2c1. The molecule has 0 bridgehead atoms. The van der Waals surface area contributed by atoms with Gasteiger partial charge in [0.2, 0.25) is 11.8 Å². The Morgan fingerprint density at radius 3 is 1.70 bits per heavy atom. The van der Waals surface area contributed by atoms with Gasteiger partial charge in [-0.15, -0.1) is 0 Å². The van der Waals surface area contributed by atoms with Gasteiger partial charge >= 0.3 is 5.97 Å². The van der Waals surface area contributed by atoms with Crippen molar-refractivity contribution in [2.75, 3.05) is 55.2 Å². The van der Waals surface area contributed by atoms with E-state index in [4.69, 9.17) is 4.98 Å². The predicted octanol–water partition coefficient (Wildman–Crippen LogP) is 5.68. The van der Waals surface area contributed by atoms with Crippen molar-refractivity contribution in [2.45, 2.75) is 38.5 Å². The van der Waals surface area contributed by atoms with Crippen molar-refractivity contribution in [3.8, 4) is 0 Å². The molecular formula is C34H38N6O4. The largest absolute Gasteiger partial charge is 0.478 e. The normalized spacial score (nSPS) is 15.5. The average Bonchev–Trinajstić information content (AvgIpc) is 3.74. The lowest BCUT2D eigenvalue weighted by Crippen LogP contribution is -2.25. The van der Waals surface area contributed by atoms with Gasteiger partial charge in [-0.05, 0) is 106 Å². The van der Waals surface area contributed by atoms with Gasteiger partial charge in [-0.25, -0.2) is 9.78 Å². The number of pyridine rings is 1. The Morgan fingerprint density at radius 1 is 0.682 bits per heavy atom. The third-order valence-corrected chi connectivity index (χ3v) is 8.43. The number of aromatic nitrogens is 1. The fraction of sp³-hybridized carbons (Fsp3) is 0.353. The fourth-order valence-electron chi connectivity index (χ4n) is 6.09. The number of carbonyl (C=O) groups excluding carboxylic acids is 2. The Balaban J connectivity index is 1.29. The topological polar surface area (TPSA) is 127 Å². The van der Waals surface area contributed by atoms with E-state index in [1.54, 1.807) is 18.2 Å². The molecule has 0 spiro atoms. The Labute approximate surface area is 256 Å². The van der Waals surface area contributed by atoms with Crippen molar-refractivity contribution in [3.63, 3.8) is 0 Å². The summed E-state index contributed by atoms with van der Waals surface area (Å²) >= 11 is 0. The summed E-state index contributed by atoms with van der Waals surface area (Å²) in [6, 6.07) is 17.9. The molecule has 0 radical (unpaired) electrons. The standard InChI is InChI=1S/C34H38N6O4/c41-31(12-18-39-14-1-2-15-39)35-25-8-10-27-29(21-25)38-30-22-26(36-32(42)13-19-40-16-3-4-17-40)9-11-28(30)33(27)37-24-7-5-6-23(20-24)34(43)44/h5-11,20-22H,1-4,12-19H2,(H,35,41)(H,36,42)(H,37,38)(H,43,44). The van der Waals surface area contributed by atoms with Gasteiger partial charge in [-0.3, -0.25) is 9.59 Å². The third-order valence-electron chi connectivity index (χ3n) is 8.43. The molecule has 4 aromatic rings. The van der Waals surface area contributed by atoms with E-state index in [9.17, 15) is 19.5 Å². The number of aromatic carboxylic acids is 1. The number of anilines is 4. The van der Waals surface area contributed by atoms with Gasteiger partial charge < -0.3 is 30.9 Å². The van der Waals surface area contributed by atoms with Crippen molar-refractivity contribution in [1.82, 2.24) is 14.8 Å². The number of benzene rings is 3. The van der Waals surface area contributed by atoms with Gasteiger partial charge in [0.15, 0.2) is 0 Å². The molecule has 2 aliphatic heterocycles. The maximum absolute atomic E-state index is 12.7. The van der Waals surface area contributed by atoms with Crippen LogP contribution in [0.15, 0.2) is 60.7 Å². The molecule has 2 aliphatic rings. The number of nitrogens with zero attached hydrogens (tertiary/aromatic N) is 3. The first-order valence-corrected chi connectivity index (χ1v) is 15.4. The molecule has 10 heteroatoms. The minimum absolute atomic E-state index is 0.0418. The van der Waals surface area contributed by atoms with E-state index >= 15 is 0 Å². The van der Waals surface area contributed by atoms with Crippen LogP contribution in [0.3, 0.4) is 0 Å². The molecule has 2 fully saturated rings. The minimum atomic E-state index is -1.01. The van der Waals surface area contributed by atoms with Crippen LogP contribution in [0.5, 0.6) is 0 Å². The van der Waals surface area contributed by atoms with Crippen LogP contribution in [0.1, 0.15) is 48.9 Å². The van der Waals surface area contributed by atoms with E-state index < -0.39 is 5.97 Å². The molecule has 44 heavy (non-hydrogen) atoms. The Hall–Kier alpha value is -4.54. The Bertz CT molecular complexity index is 1600. The molecule has 6 rings (SSSR count). The van der Waals surface area contributed by atoms with Crippen molar-refractivity contribution < 1.29 is 19.5 Å². The number of rotatable bonds is 11. The van der Waals surface area contributed by atoms with Crippen molar-refractivity contribution in [2.24, 2.45) is 0 Å². The van der Waals surface area contributed by atoms with Crippen LogP contribution in [-0.4, -0.2) is 76.9 Å². The van der Waals surface area contributed by atoms with Crippen molar-refractivity contribution in [3.05, 3.63) is 66.2 Å². The highest BCUT2D eigenvalue weighted by molar-refractivity contribution is 6.11. The van der Waals surface area contributed by atoms with Crippen LogP contribution < -0.4 is 16.0 Å². The van der Waals surface area contributed by atoms with Gasteiger partial charge in [0.25, 0.3) is 0 Å². The number of nitrogens with one attached hydrogen (secondary N) is 3. The second kappa shape index (κ2) is 13.4. The van der Waals surface area contributed by atoms with Gasteiger partial charge in [-0.2, -0.15) is 0 Å². The maximum atomic E-state index is 12.7. The number of amides is 2. The minimum Gasteiger partial charge on any atom is -0.478 e. The highest BCUT2D eigenvalue weighted by Gasteiger charge is 2.17. The second-order valence-corrected chi connectivity index (χ2v) is 11.7. The molecule has 1 aromatic heterocycles. The summed E-state index contributed by atoms with van der Waals surface area (Å²) in [5.74, 6) is -1.09. The quantitative estimate of drug-likeness (QED) is 0.164. The van der Waals surface area contributed by atoms with Crippen molar-refractivity contribution >= 4 is 62.3 Å². The summed E-state index contributed by atoms with van der Waals surface area (Å²) < 4.78 is 0. The number of likely N-dealkylation sites (tertiary alicyclic amines) is 2. The molecule has 3 heterocycles. The molecule has 2 saturated heterocycles. The zero-order valence-electron chi connectivity index (χ0n) is 24.8. The van der Waals surface area contributed by atoms with E-state index in [-0.39, 0.29) is 17.4 Å². The number of carboxylic acid groups (broad SMARTS) is 1. The highest BCUT2D eigenvalue weighted by Crippen LogP contribution is 2.35. The zero-order chi connectivity index (χ0) is 30.5. The monoisotopic (exact) mass is 594 g/mol. The van der Waals surface area contributed by atoms with E-state index in [1.807, 2.05) is 42.5 Å². The van der Waals surface area contributed by atoms with Crippen LogP contribution in [0.4, 0.5) is 22.7 Å². The number of hydrogen-bond donors (Lipinski definition) is 4. The average molecular weight is 595 g/mol. The molecular weight excluding hydrogens is 556 g/mol. The van der Waals surface area contributed by atoms with Crippen LogP contribution >= 0.6 is 0 Å². The first kappa shape index (κ1) is 29.5. The Kier molecular flexibility index (Phi) is 8.99. The van der Waals surface area contributed by atoms with Crippen LogP contribution in [0.25, 0.3) is 21.8 Å². The zero-order valence-corrected chi connectivity index (χ0v) is 24.8. The van der Waals surface area contributed by atoms with E-state index in [0.717, 1.165) is 55.7 Å². The highest BCUT2D eigenvalue weighted by atomic mass is 16.4. The summed E-state index contributed by atoms with van der Waals surface area (Å²) in [4.78, 5) is 46.6. The molecule has 0 aliphatic carbocycles. The van der Waals surface area contributed by atoms with E-state index in [1.165, 1.54) is 25.7 Å². The van der Waals surface area contributed by atoms with Gasteiger partial charge in [0.1, 0.15) is 0 Å². The Morgan fingerprint density at radius 2 is 1.20 bits per heavy atom. The summed E-state index contributed by atoms with van der Waals surface area (Å²) in [5.41, 5.74) is 4.18. The molecule has 3 aromatic carbocycles. The maximum Gasteiger partial charge on any atom is 0.335 e. The molecule has 4 N–H and O–H groups in total. The molecule has 0 saturated carbocycles. The fourth-order valence-corrected chi connectivity index (χ4v) is 6.09.